The lowest BCUT2D eigenvalue weighted by Crippen LogP contribution is -2.49. The average molecular weight is 240 g/mol. The number of aromatic nitrogens is 1. The van der Waals surface area contributed by atoms with Crippen molar-refractivity contribution in [2.45, 2.75) is 26.3 Å². The first-order valence-electron chi connectivity index (χ1n) is 5.11. The summed E-state index contributed by atoms with van der Waals surface area (Å²) in [4.78, 5) is 17.8. The minimum atomic E-state index is -0.145. The lowest BCUT2D eigenvalue weighted by atomic mass is 10.0. The number of halogens is 1. The van der Waals surface area contributed by atoms with Gasteiger partial charge in [-0.3, -0.25) is 4.79 Å². The van der Waals surface area contributed by atoms with Crippen LogP contribution in [0.1, 0.15) is 20.8 Å². The Morgan fingerprint density at radius 2 is 2.19 bits per heavy atom. The molecular weight excluding hydrogens is 226 g/mol. The van der Waals surface area contributed by atoms with Gasteiger partial charge < -0.3 is 10.2 Å². The molecule has 0 saturated heterocycles. The fraction of sp³-hybridized carbons (Fsp3) is 0.455. The highest BCUT2D eigenvalue weighted by Crippen LogP contribution is 2.33. The first-order chi connectivity index (χ1) is 7.38. The van der Waals surface area contributed by atoms with Crippen LogP contribution in [0, 0.1) is 0 Å². The van der Waals surface area contributed by atoms with Gasteiger partial charge in [-0.15, -0.1) is 0 Å². The number of anilines is 2. The standard InChI is InChI=1S/C11H14ClN3O/c1-11(2,3)15-6-9(16)14-8-4-7(12)5-13-10(8)15/h4-5H,6H2,1-3H3,(H,14,16). The van der Waals surface area contributed by atoms with Gasteiger partial charge in [0, 0.05) is 11.7 Å². The predicted molar refractivity (Wildman–Crippen MR) is 65.0 cm³/mol. The number of carbonyl (C=O) groups excluding carboxylic acids is 1. The van der Waals surface area contributed by atoms with Gasteiger partial charge in [-0.1, -0.05) is 11.6 Å². The third kappa shape index (κ3) is 1.97. The molecule has 0 saturated carbocycles. The number of hydrogen-bond acceptors (Lipinski definition) is 3. The minimum absolute atomic E-state index is 0.0357. The molecule has 0 spiro atoms. The van der Waals surface area contributed by atoms with Crippen LogP contribution in [0.2, 0.25) is 5.02 Å². The monoisotopic (exact) mass is 239 g/mol. The highest BCUT2D eigenvalue weighted by Gasteiger charge is 2.31. The van der Waals surface area contributed by atoms with E-state index < -0.39 is 0 Å². The summed E-state index contributed by atoms with van der Waals surface area (Å²) in [6.45, 7) is 6.47. The lowest BCUT2D eigenvalue weighted by Gasteiger charge is -2.39. The normalized spacial score (nSPS) is 15.8. The van der Waals surface area contributed by atoms with E-state index >= 15 is 0 Å². The van der Waals surface area contributed by atoms with Crippen LogP contribution in [0.25, 0.3) is 0 Å². The van der Waals surface area contributed by atoms with Crippen molar-refractivity contribution in [3.63, 3.8) is 0 Å². The highest BCUT2D eigenvalue weighted by molar-refractivity contribution is 6.31. The van der Waals surface area contributed by atoms with Crippen LogP contribution in [0.5, 0.6) is 0 Å². The molecular formula is C11H14ClN3O. The number of rotatable bonds is 0. The van der Waals surface area contributed by atoms with E-state index in [1.165, 1.54) is 0 Å². The zero-order valence-corrected chi connectivity index (χ0v) is 10.3. The molecule has 0 atom stereocenters. The number of amides is 1. The van der Waals surface area contributed by atoms with E-state index in [0.29, 0.717) is 17.3 Å². The second-order valence-corrected chi connectivity index (χ2v) is 5.27. The maximum absolute atomic E-state index is 11.6. The second-order valence-electron chi connectivity index (χ2n) is 4.83. The summed E-state index contributed by atoms with van der Waals surface area (Å²) in [7, 11) is 0. The number of nitrogens with zero attached hydrogens (tertiary/aromatic N) is 2. The van der Waals surface area contributed by atoms with Gasteiger partial charge in [0.1, 0.15) is 0 Å². The molecule has 2 heterocycles. The summed E-state index contributed by atoms with van der Waals surface area (Å²) < 4.78 is 0. The Balaban J connectivity index is 2.50. The Bertz CT molecular complexity index is 439. The van der Waals surface area contributed by atoms with Crippen LogP contribution in [0.15, 0.2) is 12.3 Å². The van der Waals surface area contributed by atoms with Crippen molar-refractivity contribution in [2.24, 2.45) is 0 Å². The van der Waals surface area contributed by atoms with Crippen molar-refractivity contribution in [1.82, 2.24) is 4.98 Å². The van der Waals surface area contributed by atoms with Crippen molar-refractivity contribution >= 4 is 29.0 Å². The fourth-order valence-electron chi connectivity index (χ4n) is 1.70. The Morgan fingerprint density at radius 1 is 1.50 bits per heavy atom. The SMILES string of the molecule is CC(C)(C)N1CC(=O)Nc2cc(Cl)cnc21. The molecule has 86 valence electrons. The first kappa shape index (κ1) is 11.2. The molecule has 1 aromatic rings. The lowest BCUT2D eigenvalue weighted by molar-refractivity contribution is -0.115. The van der Waals surface area contributed by atoms with Crippen molar-refractivity contribution in [3.8, 4) is 0 Å². The van der Waals surface area contributed by atoms with E-state index in [9.17, 15) is 4.79 Å². The van der Waals surface area contributed by atoms with Crippen LogP contribution in [0.4, 0.5) is 11.5 Å². The second kappa shape index (κ2) is 3.63. The minimum Gasteiger partial charge on any atom is -0.341 e. The Kier molecular flexibility index (Phi) is 2.54. The average Bonchev–Trinajstić information content (AvgIpc) is 2.14. The molecule has 0 radical (unpaired) electrons. The number of hydrogen-bond donors (Lipinski definition) is 1. The third-order valence-corrected chi connectivity index (χ3v) is 2.68. The number of fused-ring (bicyclic) bond motifs is 1. The maximum Gasteiger partial charge on any atom is 0.244 e. The van der Waals surface area contributed by atoms with Crippen LogP contribution < -0.4 is 10.2 Å². The quantitative estimate of drug-likeness (QED) is 0.756. The van der Waals surface area contributed by atoms with Gasteiger partial charge in [-0.05, 0) is 26.8 Å². The summed E-state index contributed by atoms with van der Waals surface area (Å²) >= 11 is 5.85. The summed E-state index contributed by atoms with van der Waals surface area (Å²) in [5, 5.41) is 3.30. The molecule has 0 bridgehead atoms. The van der Waals surface area contributed by atoms with Crippen LogP contribution in [0.3, 0.4) is 0 Å². The van der Waals surface area contributed by atoms with Gasteiger partial charge >= 0.3 is 0 Å². The van der Waals surface area contributed by atoms with Crippen LogP contribution in [-0.4, -0.2) is 23.0 Å². The summed E-state index contributed by atoms with van der Waals surface area (Å²) in [5.41, 5.74) is 0.534. The molecule has 1 N–H and O–H groups in total. The van der Waals surface area contributed by atoms with Gasteiger partial charge in [0.2, 0.25) is 5.91 Å². The topological polar surface area (TPSA) is 45.2 Å². The smallest absolute Gasteiger partial charge is 0.244 e. The molecule has 2 rings (SSSR count). The third-order valence-electron chi connectivity index (χ3n) is 2.47. The summed E-state index contributed by atoms with van der Waals surface area (Å²) in [5.74, 6) is 0.739. The van der Waals surface area contributed by atoms with E-state index in [1.54, 1.807) is 12.3 Å². The van der Waals surface area contributed by atoms with E-state index in [1.807, 2.05) is 25.7 Å². The van der Waals surface area contributed by atoms with E-state index in [2.05, 4.69) is 10.3 Å². The van der Waals surface area contributed by atoms with Crippen molar-refractivity contribution in [2.75, 3.05) is 16.8 Å². The van der Waals surface area contributed by atoms with Gasteiger partial charge in [0.05, 0.1) is 17.3 Å². The molecule has 0 aromatic carbocycles. The van der Waals surface area contributed by atoms with Gasteiger partial charge in [0.15, 0.2) is 5.82 Å². The Morgan fingerprint density at radius 3 is 2.81 bits per heavy atom. The van der Waals surface area contributed by atoms with Crippen molar-refractivity contribution in [1.29, 1.82) is 0 Å². The Labute approximate surface area is 99.6 Å². The highest BCUT2D eigenvalue weighted by atomic mass is 35.5. The summed E-state index contributed by atoms with van der Waals surface area (Å²) in [6, 6.07) is 1.72. The van der Waals surface area contributed by atoms with Crippen LogP contribution >= 0.6 is 11.6 Å². The van der Waals surface area contributed by atoms with Gasteiger partial charge in [-0.2, -0.15) is 0 Å². The van der Waals surface area contributed by atoms with E-state index in [4.69, 9.17) is 11.6 Å². The van der Waals surface area contributed by atoms with Gasteiger partial charge in [-0.25, -0.2) is 4.98 Å². The maximum atomic E-state index is 11.6. The molecule has 0 aliphatic carbocycles. The molecule has 5 heteroatoms. The largest absolute Gasteiger partial charge is 0.341 e. The van der Waals surface area contributed by atoms with Crippen molar-refractivity contribution < 1.29 is 4.79 Å². The van der Waals surface area contributed by atoms with E-state index in [-0.39, 0.29) is 11.4 Å². The first-order valence-corrected chi connectivity index (χ1v) is 5.49. The molecule has 1 amide bonds. The molecule has 16 heavy (non-hydrogen) atoms. The number of nitrogens with one attached hydrogen (secondary N) is 1. The molecule has 1 aromatic heterocycles. The molecule has 4 nitrogen and oxygen atoms in total. The fourth-order valence-corrected chi connectivity index (χ4v) is 1.86. The Hall–Kier alpha value is -1.29. The van der Waals surface area contributed by atoms with E-state index in [0.717, 1.165) is 5.82 Å². The molecule has 0 fully saturated rings. The van der Waals surface area contributed by atoms with Crippen LogP contribution in [-0.2, 0) is 4.79 Å². The predicted octanol–water partition coefficient (Wildman–Crippen LogP) is 2.29. The zero-order valence-electron chi connectivity index (χ0n) is 9.54. The molecule has 1 aliphatic rings. The molecule has 1 aliphatic heterocycles. The zero-order chi connectivity index (χ0) is 11.9. The van der Waals surface area contributed by atoms with Gasteiger partial charge in [0.25, 0.3) is 0 Å². The number of pyridine rings is 1. The van der Waals surface area contributed by atoms with Crippen molar-refractivity contribution in [3.05, 3.63) is 17.3 Å². The summed E-state index contributed by atoms with van der Waals surface area (Å²) in [6.07, 6.45) is 1.59. The molecule has 0 unspecified atom stereocenters. The number of carbonyl (C=O) groups is 1.